The maximum atomic E-state index is 13.1. The van der Waals surface area contributed by atoms with Crippen LogP contribution in [0.3, 0.4) is 0 Å². The second-order valence-corrected chi connectivity index (χ2v) is 10.3. The minimum atomic E-state index is -3.87. The fraction of sp³-hybridized carbons (Fsp3) is 0.375. The molecule has 0 radical (unpaired) electrons. The fourth-order valence-corrected chi connectivity index (χ4v) is 5.62. The number of sulfonamides is 1. The number of carbonyl (C=O) groups is 1. The second-order valence-electron chi connectivity index (χ2n) is 7.54. The van der Waals surface area contributed by atoms with Gasteiger partial charge in [0.05, 0.1) is 25.2 Å². The van der Waals surface area contributed by atoms with E-state index in [1.807, 2.05) is 16.8 Å². The number of benzene rings is 1. The van der Waals surface area contributed by atoms with Crippen LogP contribution in [0, 0.1) is 0 Å². The van der Waals surface area contributed by atoms with E-state index in [4.69, 9.17) is 18.9 Å². The summed E-state index contributed by atoms with van der Waals surface area (Å²) in [7, 11) is -2.37. The van der Waals surface area contributed by atoms with Crippen molar-refractivity contribution in [3.8, 4) is 5.75 Å². The van der Waals surface area contributed by atoms with E-state index in [-0.39, 0.29) is 49.5 Å². The molecular formula is C24H29NO8S2. The lowest BCUT2D eigenvalue weighted by molar-refractivity contribution is -0.160. The van der Waals surface area contributed by atoms with E-state index in [0.29, 0.717) is 12.2 Å². The first-order valence-electron chi connectivity index (χ1n) is 10.9. The normalized spacial score (nSPS) is 18.0. The molecule has 1 aliphatic heterocycles. The van der Waals surface area contributed by atoms with Crippen LogP contribution in [0.15, 0.2) is 70.5 Å². The molecule has 1 N–H and O–H groups in total. The molecule has 2 aromatic rings. The molecule has 0 spiro atoms. The molecule has 9 nitrogen and oxygen atoms in total. The molecule has 0 fully saturated rings. The molecule has 11 heteroatoms. The van der Waals surface area contributed by atoms with Gasteiger partial charge in [-0.1, -0.05) is 12.7 Å². The first-order chi connectivity index (χ1) is 16.9. The Morgan fingerprint density at radius 3 is 2.69 bits per heavy atom. The summed E-state index contributed by atoms with van der Waals surface area (Å²) in [6, 6.07) is 7.97. The number of methoxy groups -OCH3 is 1. The number of ether oxygens (including phenoxy) is 4. The van der Waals surface area contributed by atoms with Crippen LogP contribution >= 0.6 is 11.3 Å². The highest BCUT2D eigenvalue weighted by molar-refractivity contribution is 7.89. The Kier molecular flexibility index (Phi) is 9.87. The number of thiophene rings is 1. The van der Waals surface area contributed by atoms with Crippen LogP contribution in [0.4, 0.5) is 0 Å². The smallest absolute Gasteiger partial charge is 0.373 e. The lowest BCUT2D eigenvalue weighted by Crippen LogP contribution is -2.37. The number of allylic oxidation sites excluding steroid dienone is 1. The van der Waals surface area contributed by atoms with E-state index in [1.165, 1.54) is 25.3 Å². The molecule has 3 rings (SSSR count). The van der Waals surface area contributed by atoms with Gasteiger partial charge in [0.1, 0.15) is 12.4 Å². The van der Waals surface area contributed by atoms with Gasteiger partial charge >= 0.3 is 5.97 Å². The molecule has 2 heterocycles. The molecular weight excluding hydrogens is 494 g/mol. The van der Waals surface area contributed by atoms with Crippen LogP contribution in [0.5, 0.6) is 5.75 Å². The Morgan fingerprint density at radius 1 is 1.29 bits per heavy atom. The zero-order valence-corrected chi connectivity index (χ0v) is 21.0. The third kappa shape index (κ3) is 7.15. The standard InChI is InChI=1S/C24H29NO8S2/c1-3-12-32-24(27)22-15-19(18-8-14-34-17-18)16-23(33-22)31-13-10-25(9-11-26)35(28,29)21-6-4-20(30-2)5-7-21/h3-8,14-15,17,19,23,26H,1,9-13,16H2,2H3/t19-,23+/m1/s1. The predicted molar refractivity (Wildman–Crippen MR) is 131 cm³/mol. The Morgan fingerprint density at radius 2 is 2.06 bits per heavy atom. The lowest BCUT2D eigenvalue weighted by atomic mass is 9.95. The van der Waals surface area contributed by atoms with E-state index in [0.717, 1.165) is 9.87 Å². The summed E-state index contributed by atoms with van der Waals surface area (Å²) in [5.41, 5.74) is 1.02. The number of nitrogens with zero attached hydrogens (tertiary/aromatic N) is 1. The van der Waals surface area contributed by atoms with E-state index < -0.39 is 22.3 Å². The van der Waals surface area contributed by atoms with Crippen LogP contribution in [-0.4, -0.2) is 70.1 Å². The molecule has 0 bridgehead atoms. The van der Waals surface area contributed by atoms with Crippen LogP contribution < -0.4 is 4.74 Å². The number of hydrogen-bond acceptors (Lipinski definition) is 9. The van der Waals surface area contributed by atoms with E-state index in [9.17, 15) is 18.3 Å². The fourth-order valence-electron chi connectivity index (χ4n) is 3.48. The van der Waals surface area contributed by atoms with Gasteiger partial charge in [-0.3, -0.25) is 0 Å². The Hall–Kier alpha value is -2.70. The number of aliphatic hydroxyl groups is 1. The summed E-state index contributed by atoms with van der Waals surface area (Å²) in [5.74, 6) is -0.172. The molecule has 0 unspecified atom stereocenters. The Balaban J connectivity index is 1.67. The summed E-state index contributed by atoms with van der Waals surface area (Å²) in [5, 5.41) is 13.4. The molecule has 0 saturated carbocycles. The van der Waals surface area contributed by atoms with Gasteiger partial charge in [0.2, 0.25) is 22.1 Å². The van der Waals surface area contributed by atoms with Crippen molar-refractivity contribution in [1.29, 1.82) is 0 Å². The first-order valence-corrected chi connectivity index (χ1v) is 13.3. The number of esters is 1. The molecule has 1 aromatic carbocycles. The zero-order chi connectivity index (χ0) is 25.3. The number of hydrogen-bond donors (Lipinski definition) is 1. The largest absolute Gasteiger partial charge is 0.497 e. The third-order valence-electron chi connectivity index (χ3n) is 5.25. The van der Waals surface area contributed by atoms with Gasteiger partial charge < -0.3 is 24.1 Å². The molecule has 0 saturated heterocycles. The molecule has 0 aliphatic carbocycles. The second kappa shape index (κ2) is 12.8. The molecule has 2 atom stereocenters. The SMILES string of the molecule is C=CCOC(=O)C1=C[C@@H](c2ccsc2)C[C@@H](OCCN(CCO)S(=O)(=O)c2ccc(OC)cc2)O1. The zero-order valence-electron chi connectivity index (χ0n) is 19.4. The highest BCUT2D eigenvalue weighted by Gasteiger charge is 2.30. The van der Waals surface area contributed by atoms with Gasteiger partial charge in [0, 0.05) is 25.4 Å². The van der Waals surface area contributed by atoms with Crippen molar-refractivity contribution in [2.75, 3.05) is 40.0 Å². The summed E-state index contributed by atoms with van der Waals surface area (Å²) in [4.78, 5) is 12.5. The molecule has 0 amide bonds. The Bertz CT molecular complexity index is 1100. The third-order valence-corrected chi connectivity index (χ3v) is 7.87. The molecule has 1 aliphatic rings. The highest BCUT2D eigenvalue weighted by atomic mass is 32.2. The first kappa shape index (κ1) is 26.9. The van der Waals surface area contributed by atoms with Crippen molar-refractivity contribution in [3.63, 3.8) is 0 Å². The van der Waals surface area contributed by atoms with Crippen molar-refractivity contribution >= 4 is 27.3 Å². The van der Waals surface area contributed by atoms with E-state index in [2.05, 4.69) is 6.58 Å². The van der Waals surface area contributed by atoms with Gasteiger partial charge in [-0.2, -0.15) is 15.6 Å². The quantitative estimate of drug-likeness (QED) is 0.315. The number of carbonyl (C=O) groups excluding carboxylic acids is 1. The lowest BCUT2D eigenvalue weighted by Gasteiger charge is -2.29. The van der Waals surface area contributed by atoms with Crippen LogP contribution in [0.1, 0.15) is 17.9 Å². The topological polar surface area (TPSA) is 112 Å². The van der Waals surface area contributed by atoms with E-state index in [1.54, 1.807) is 29.5 Å². The van der Waals surface area contributed by atoms with E-state index >= 15 is 0 Å². The highest BCUT2D eigenvalue weighted by Crippen LogP contribution is 2.33. The summed E-state index contributed by atoms with van der Waals surface area (Å²) < 4.78 is 49.0. The average Bonchev–Trinajstić information content (AvgIpc) is 3.42. The van der Waals surface area contributed by atoms with Crippen LogP contribution in [0.25, 0.3) is 0 Å². The van der Waals surface area contributed by atoms with Crippen LogP contribution in [-0.2, 0) is 29.0 Å². The van der Waals surface area contributed by atoms with Crippen molar-refractivity contribution in [2.24, 2.45) is 0 Å². The minimum Gasteiger partial charge on any atom is -0.497 e. The van der Waals surface area contributed by atoms with Gasteiger partial charge in [-0.15, -0.1) is 0 Å². The summed E-state index contributed by atoms with van der Waals surface area (Å²) in [6.45, 7) is 3.11. The van der Waals surface area contributed by atoms with Gasteiger partial charge in [-0.05, 0) is 52.7 Å². The molecule has 35 heavy (non-hydrogen) atoms. The summed E-state index contributed by atoms with van der Waals surface area (Å²) in [6.07, 6.45) is 2.83. The van der Waals surface area contributed by atoms with Gasteiger partial charge in [0.25, 0.3) is 0 Å². The van der Waals surface area contributed by atoms with Crippen molar-refractivity contribution in [1.82, 2.24) is 4.31 Å². The van der Waals surface area contributed by atoms with Crippen LogP contribution in [0.2, 0.25) is 0 Å². The van der Waals surface area contributed by atoms with Gasteiger partial charge in [0.15, 0.2) is 0 Å². The molecule has 190 valence electrons. The number of aliphatic hydroxyl groups excluding tert-OH is 1. The van der Waals surface area contributed by atoms with Gasteiger partial charge in [-0.25, -0.2) is 13.2 Å². The monoisotopic (exact) mass is 523 g/mol. The molecule has 1 aromatic heterocycles. The maximum absolute atomic E-state index is 13.1. The maximum Gasteiger partial charge on any atom is 0.373 e. The number of rotatable bonds is 13. The van der Waals surface area contributed by atoms with Crippen molar-refractivity contribution < 1.29 is 37.3 Å². The van der Waals surface area contributed by atoms with Crippen molar-refractivity contribution in [3.05, 3.63) is 71.1 Å². The predicted octanol–water partition coefficient (Wildman–Crippen LogP) is 2.90. The average molecular weight is 524 g/mol. The summed E-state index contributed by atoms with van der Waals surface area (Å²) >= 11 is 1.54. The Labute approximate surface area is 209 Å². The minimum absolute atomic E-state index is 0.00854. The van der Waals surface area contributed by atoms with Crippen molar-refractivity contribution in [2.45, 2.75) is 23.5 Å².